The van der Waals surface area contributed by atoms with Crippen LogP contribution in [-0.4, -0.2) is 38.8 Å². The van der Waals surface area contributed by atoms with Gasteiger partial charge in [-0.25, -0.2) is 0 Å². The molecule has 1 atom stereocenters. The fraction of sp³-hybridized carbons (Fsp3) is 0.556. The van der Waals surface area contributed by atoms with E-state index in [1.165, 1.54) is 24.8 Å². The van der Waals surface area contributed by atoms with E-state index in [9.17, 15) is 0 Å². The van der Waals surface area contributed by atoms with Gasteiger partial charge in [-0.2, -0.15) is 5.10 Å². The summed E-state index contributed by atoms with van der Waals surface area (Å²) in [6.07, 6.45) is 9.76. The van der Waals surface area contributed by atoms with Gasteiger partial charge in [-0.1, -0.05) is 6.07 Å². The molecule has 0 amide bonds. The van der Waals surface area contributed by atoms with Crippen LogP contribution in [0.25, 0.3) is 0 Å². The maximum Gasteiger partial charge on any atom is 0.0544 e. The average molecular weight is 313 g/mol. The molecule has 0 aromatic carbocycles. The normalized spacial score (nSPS) is 19.0. The van der Waals surface area contributed by atoms with Crippen LogP contribution in [0, 0.1) is 0 Å². The predicted molar refractivity (Wildman–Crippen MR) is 91.9 cm³/mol. The molecule has 2 aromatic heterocycles. The van der Waals surface area contributed by atoms with Crippen LogP contribution in [0.5, 0.6) is 0 Å². The minimum atomic E-state index is 0.608. The molecule has 0 bridgehead atoms. The summed E-state index contributed by atoms with van der Waals surface area (Å²) in [7, 11) is 0. The lowest BCUT2D eigenvalue weighted by molar-refractivity contribution is 0.162. The van der Waals surface area contributed by atoms with Crippen molar-refractivity contribution in [1.82, 2.24) is 25.0 Å². The Hall–Kier alpha value is -1.72. The van der Waals surface area contributed by atoms with Crippen LogP contribution in [0.15, 0.2) is 36.8 Å². The molecule has 23 heavy (non-hydrogen) atoms. The minimum Gasteiger partial charge on any atom is -0.317 e. The van der Waals surface area contributed by atoms with E-state index in [1.807, 2.05) is 23.1 Å². The highest BCUT2D eigenvalue weighted by molar-refractivity contribution is 5.07. The molecule has 3 rings (SSSR count). The summed E-state index contributed by atoms with van der Waals surface area (Å²) >= 11 is 0. The van der Waals surface area contributed by atoms with Crippen molar-refractivity contribution in [3.8, 4) is 0 Å². The first-order valence-corrected chi connectivity index (χ1v) is 8.71. The lowest BCUT2D eigenvalue weighted by Crippen LogP contribution is -2.35. The van der Waals surface area contributed by atoms with E-state index >= 15 is 0 Å². The van der Waals surface area contributed by atoms with Crippen LogP contribution in [0.2, 0.25) is 0 Å². The topological polar surface area (TPSA) is 46.0 Å². The van der Waals surface area contributed by atoms with Gasteiger partial charge in [0.2, 0.25) is 0 Å². The Morgan fingerprint density at radius 1 is 1.26 bits per heavy atom. The summed E-state index contributed by atoms with van der Waals surface area (Å²) < 4.78 is 2.00. The van der Waals surface area contributed by atoms with Gasteiger partial charge in [-0.3, -0.25) is 14.6 Å². The van der Waals surface area contributed by atoms with Crippen LogP contribution in [0.4, 0.5) is 0 Å². The number of hydrogen-bond acceptors (Lipinski definition) is 4. The highest BCUT2D eigenvalue weighted by atomic mass is 15.3. The summed E-state index contributed by atoms with van der Waals surface area (Å²) in [5, 5.41) is 7.93. The molecule has 1 saturated heterocycles. The van der Waals surface area contributed by atoms with Gasteiger partial charge in [0.15, 0.2) is 0 Å². The average Bonchev–Trinajstić information content (AvgIpc) is 2.87. The standard InChI is InChI=1S/C18H27N5/c1-2-23-14-16(12-21-23)13-22(15-17-6-3-4-10-20-17)18-7-5-9-19-11-8-18/h3-4,6,10,12,14,18-19H,2,5,7-9,11,13,15H2,1H3/t18-/m0/s1. The Kier molecular flexibility index (Phi) is 5.77. The summed E-state index contributed by atoms with van der Waals surface area (Å²) in [5.74, 6) is 0. The Balaban J connectivity index is 1.74. The third kappa shape index (κ3) is 4.62. The predicted octanol–water partition coefficient (Wildman–Crippen LogP) is 2.44. The zero-order valence-corrected chi connectivity index (χ0v) is 14.0. The fourth-order valence-corrected chi connectivity index (χ4v) is 3.28. The Morgan fingerprint density at radius 3 is 3.00 bits per heavy atom. The second kappa shape index (κ2) is 8.22. The molecular weight excluding hydrogens is 286 g/mol. The van der Waals surface area contributed by atoms with Gasteiger partial charge < -0.3 is 5.32 Å². The van der Waals surface area contributed by atoms with E-state index in [2.05, 4.69) is 45.6 Å². The number of nitrogens with one attached hydrogen (secondary N) is 1. The van der Waals surface area contributed by atoms with Gasteiger partial charge in [-0.05, 0) is 51.4 Å². The van der Waals surface area contributed by atoms with Crippen LogP contribution in [-0.2, 0) is 19.6 Å². The van der Waals surface area contributed by atoms with Crippen molar-refractivity contribution in [3.63, 3.8) is 0 Å². The largest absolute Gasteiger partial charge is 0.317 e. The third-order valence-electron chi connectivity index (χ3n) is 4.55. The molecule has 0 unspecified atom stereocenters. The SMILES string of the molecule is CCn1cc(CN(Cc2ccccn2)[C@H]2CCCNCC2)cn1. The molecular formula is C18H27N5. The fourth-order valence-electron chi connectivity index (χ4n) is 3.28. The van der Waals surface area contributed by atoms with E-state index in [1.54, 1.807) is 0 Å². The maximum absolute atomic E-state index is 4.52. The van der Waals surface area contributed by atoms with Gasteiger partial charge in [0, 0.05) is 43.6 Å². The molecule has 0 aliphatic carbocycles. The highest BCUT2D eigenvalue weighted by Gasteiger charge is 2.21. The Bertz CT molecular complexity index is 572. The zero-order valence-electron chi connectivity index (χ0n) is 14.0. The van der Waals surface area contributed by atoms with Crippen molar-refractivity contribution in [2.45, 2.75) is 51.9 Å². The molecule has 1 aliphatic heterocycles. The first-order chi connectivity index (χ1) is 11.3. The summed E-state index contributed by atoms with van der Waals surface area (Å²) in [6.45, 7) is 7.15. The molecule has 124 valence electrons. The number of aromatic nitrogens is 3. The van der Waals surface area contributed by atoms with Crippen LogP contribution in [0.1, 0.15) is 37.4 Å². The van der Waals surface area contributed by atoms with Gasteiger partial charge in [0.25, 0.3) is 0 Å². The third-order valence-corrected chi connectivity index (χ3v) is 4.55. The van der Waals surface area contributed by atoms with Crippen molar-refractivity contribution >= 4 is 0 Å². The second-order valence-electron chi connectivity index (χ2n) is 6.27. The number of aryl methyl sites for hydroxylation is 1. The number of hydrogen-bond donors (Lipinski definition) is 1. The molecule has 1 fully saturated rings. The van der Waals surface area contributed by atoms with Gasteiger partial charge in [0.05, 0.1) is 11.9 Å². The van der Waals surface area contributed by atoms with Crippen molar-refractivity contribution < 1.29 is 0 Å². The van der Waals surface area contributed by atoms with Gasteiger partial charge in [-0.15, -0.1) is 0 Å². The lowest BCUT2D eigenvalue weighted by Gasteiger charge is -2.30. The van der Waals surface area contributed by atoms with Crippen LogP contribution < -0.4 is 5.32 Å². The van der Waals surface area contributed by atoms with Gasteiger partial charge in [0.1, 0.15) is 0 Å². The van der Waals surface area contributed by atoms with Crippen molar-refractivity contribution in [3.05, 3.63) is 48.0 Å². The minimum absolute atomic E-state index is 0.608. The van der Waals surface area contributed by atoms with Crippen molar-refractivity contribution in [1.29, 1.82) is 0 Å². The van der Waals surface area contributed by atoms with Crippen molar-refractivity contribution in [2.24, 2.45) is 0 Å². The van der Waals surface area contributed by atoms with Crippen molar-refractivity contribution in [2.75, 3.05) is 13.1 Å². The van der Waals surface area contributed by atoms with E-state index in [4.69, 9.17) is 0 Å². The summed E-state index contributed by atoms with van der Waals surface area (Å²) in [4.78, 5) is 7.10. The number of nitrogens with zero attached hydrogens (tertiary/aromatic N) is 4. The van der Waals surface area contributed by atoms with Gasteiger partial charge >= 0.3 is 0 Å². The van der Waals surface area contributed by atoms with Crippen LogP contribution in [0.3, 0.4) is 0 Å². The molecule has 2 aromatic rings. The smallest absolute Gasteiger partial charge is 0.0544 e. The second-order valence-corrected chi connectivity index (χ2v) is 6.27. The first kappa shape index (κ1) is 16.1. The zero-order chi connectivity index (χ0) is 15.9. The first-order valence-electron chi connectivity index (χ1n) is 8.71. The summed E-state index contributed by atoms with van der Waals surface area (Å²) in [6, 6.07) is 6.79. The number of rotatable bonds is 6. The maximum atomic E-state index is 4.52. The molecule has 5 nitrogen and oxygen atoms in total. The monoisotopic (exact) mass is 313 g/mol. The highest BCUT2D eigenvalue weighted by Crippen LogP contribution is 2.19. The quantitative estimate of drug-likeness (QED) is 0.890. The number of pyridine rings is 1. The molecule has 1 aliphatic rings. The summed E-state index contributed by atoms with van der Waals surface area (Å²) in [5.41, 5.74) is 2.44. The van der Waals surface area contributed by atoms with E-state index < -0.39 is 0 Å². The lowest BCUT2D eigenvalue weighted by atomic mass is 10.1. The van der Waals surface area contributed by atoms with E-state index in [0.717, 1.165) is 38.4 Å². The van der Waals surface area contributed by atoms with E-state index in [0.29, 0.717) is 6.04 Å². The molecule has 0 spiro atoms. The molecule has 1 N–H and O–H groups in total. The molecule has 0 saturated carbocycles. The molecule has 0 radical (unpaired) electrons. The Morgan fingerprint density at radius 2 is 2.22 bits per heavy atom. The van der Waals surface area contributed by atoms with Crippen LogP contribution >= 0.6 is 0 Å². The van der Waals surface area contributed by atoms with E-state index in [-0.39, 0.29) is 0 Å². The molecule has 3 heterocycles. The molecule has 5 heteroatoms. The Labute approximate surface area is 138 Å².